The van der Waals surface area contributed by atoms with Crippen LogP contribution >= 0.6 is 34.5 Å². The van der Waals surface area contributed by atoms with Gasteiger partial charge in [-0.15, -0.1) is 11.3 Å². The number of hydrogen-bond donors (Lipinski definition) is 0. The number of rotatable bonds is 12. The summed E-state index contributed by atoms with van der Waals surface area (Å²) in [6.07, 6.45) is 1.57. The van der Waals surface area contributed by atoms with E-state index in [2.05, 4.69) is 35.9 Å². The number of methoxy groups -OCH3 is 4. The standard InChI is InChI=1S/C32H36Cl2N2O4S/c1-32(2,23-9-10-24(33)25(34)19-23)30-20-41-31(35-15-13-21-7-11-26(37-3)28(17-21)39-5)36(30)16-14-22-8-12-27(38-4)29(18-22)40-6/h7-12,17-20H,13-16H2,1-6H3/b35-31+. The second-order valence-electron chi connectivity index (χ2n) is 10.1. The maximum Gasteiger partial charge on any atom is 0.184 e. The fourth-order valence-corrected chi connectivity index (χ4v) is 6.21. The Hall–Kier alpha value is -3.13. The van der Waals surface area contributed by atoms with Gasteiger partial charge in [0.1, 0.15) is 0 Å². The van der Waals surface area contributed by atoms with Crippen molar-refractivity contribution < 1.29 is 18.9 Å². The maximum absolute atomic E-state index is 6.42. The highest BCUT2D eigenvalue weighted by molar-refractivity contribution is 7.07. The van der Waals surface area contributed by atoms with Crippen LogP contribution in [0, 0.1) is 0 Å². The van der Waals surface area contributed by atoms with Crippen molar-refractivity contribution >= 4 is 34.5 Å². The molecular weight excluding hydrogens is 579 g/mol. The Morgan fingerprint density at radius 1 is 0.732 bits per heavy atom. The molecule has 0 N–H and O–H groups in total. The number of hydrogen-bond acceptors (Lipinski definition) is 6. The third-order valence-corrected chi connectivity index (χ3v) is 8.89. The second kappa shape index (κ2) is 13.7. The van der Waals surface area contributed by atoms with E-state index in [-0.39, 0.29) is 5.41 Å². The SMILES string of the molecule is COc1ccc(CC/N=c2/scc(C(C)(C)c3ccc(Cl)c(Cl)c3)n2CCc2ccc(OC)c(OC)c2)cc1OC. The molecule has 3 aromatic carbocycles. The smallest absolute Gasteiger partial charge is 0.184 e. The summed E-state index contributed by atoms with van der Waals surface area (Å²) in [6, 6.07) is 17.9. The van der Waals surface area contributed by atoms with Crippen LogP contribution in [0.25, 0.3) is 0 Å². The predicted octanol–water partition coefficient (Wildman–Crippen LogP) is 7.60. The largest absolute Gasteiger partial charge is 0.493 e. The quantitative estimate of drug-likeness (QED) is 0.165. The third-order valence-electron chi connectivity index (χ3n) is 7.25. The normalized spacial score (nSPS) is 12.0. The molecule has 0 atom stereocenters. The van der Waals surface area contributed by atoms with Gasteiger partial charge in [0.2, 0.25) is 0 Å². The summed E-state index contributed by atoms with van der Waals surface area (Å²) in [5.41, 5.74) is 4.19. The zero-order valence-electron chi connectivity index (χ0n) is 24.3. The lowest BCUT2D eigenvalue weighted by Crippen LogP contribution is -2.28. The molecule has 1 aromatic heterocycles. The molecule has 0 spiro atoms. The van der Waals surface area contributed by atoms with E-state index >= 15 is 0 Å². The Bertz CT molecular complexity index is 1560. The molecule has 0 bridgehead atoms. The van der Waals surface area contributed by atoms with Gasteiger partial charge in [0.25, 0.3) is 0 Å². The summed E-state index contributed by atoms with van der Waals surface area (Å²) in [5.74, 6) is 2.87. The molecule has 0 saturated heterocycles. The first-order chi connectivity index (χ1) is 19.7. The van der Waals surface area contributed by atoms with Crippen LogP contribution in [0.5, 0.6) is 23.0 Å². The second-order valence-corrected chi connectivity index (χ2v) is 11.7. The molecule has 218 valence electrons. The molecule has 0 fully saturated rings. The van der Waals surface area contributed by atoms with Crippen molar-refractivity contribution in [3.63, 3.8) is 0 Å². The number of aryl methyl sites for hydroxylation is 1. The number of aromatic nitrogens is 1. The Kier molecular flexibility index (Phi) is 10.3. The van der Waals surface area contributed by atoms with E-state index in [9.17, 15) is 0 Å². The van der Waals surface area contributed by atoms with Crippen molar-refractivity contribution in [3.05, 3.63) is 97.2 Å². The molecular formula is C32H36Cl2N2O4S. The predicted molar refractivity (Wildman–Crippen MR) is 168 cm³/mol. The van der Waals surface area contributed by atoms with Crippen LogP contribution < -0.4 is 23.7 Å². The first-order valence-corrected chi connectivity index (χ1v) is 14.9. The molecule has 6 nitrogen and oxygen atoms in total. The maximum atomic E-state index is 6.42. The van der Waals surface area contributed by atoms with Crippen LogP contribution in [0.2, 0.25) is 10.0 Å². The topological polar surface area (TPSA) is 54.2 Å². The Labute approximate surface area is 256 Å². The number of nitrogens with zero attached hydrogens (tertiary/aromatic N) is 2. The zero-order chi connectivity index (χ0) is 29.6. The lowest BCUT2D eigenvalue weighted by molar-refractivity contribution is 0.354. The van der Waals surface area contributed by atoms with Crippen LogP contribution in [-0.2, 0) is 24.8 Å². The summed E-state index contributed by atoms with van der Waals surface area (Å²) >= 11 is 14.3. The lowest BCUT2D eigenvalue weighted by atomic mass is 9.82. The highest BCUT2D eigenvalue weighted by Crippen LogP contribution is 2.36. The Morgan fingerprint density at radius 3 is 1.88 bits per heavy atom. The van der Waals surface area contributed by atoms with Crippen molar-refractivity contribution in [1.29, 1.82) is 0 Å². The highest BCUT2D eigenvalue weighted by Gasteiger charge is 2.28. The van der Waals surface area contributed by atoms with Crippen LogP contribution in [0.15, 0.2) is 65.0 Å². The minimum Gasteiger partial charge on any atom is -0.493 e. The van der Waals surface area contributed by atoms with Gasteiger partial charge in [0, 0.05) is 29.6 Å². The lowest BCUT2D eigenvalue weighted by Gasteiger charge is -2.27. The van der Waals surface area contributed by atoms with E-state index in [1.807, 2.05) is 42.5 Å². The first kappa shape index (κ1) is 30.8. The van der Waals surface area contributed by atoms with Crippen LogP contribution in [-0.4, -0.2) is 39.6 Å². The minimum atomic E-state index is -0.334. The summed E-state index contributed by atoms with van der Waals surface area (Å²) in [4.78, 5) is 6.02. The van der Waals surface area contributed by atoms with Gasteiger partial charge in [-0.25, -0.2) is 0 Å². The van der Waals surface area contributed by atoms with Crippen molar-refractivity contribution in [2.75, 3.05) is 35.0 Å². The molecule has 1 heterocycles. The number of thiazole rings is 1. The van der Waals surface area contributed by atoms with Gasteiger partial charge in [0.05, 0.1) is 38.5 Å². The minimum absolute atomic E-state index is 0.334. The molecule has 0 radical (unpaired) electrons. The van der Waals surface area contributed by atoms with E-state index in [1.165, 1.54) is 0 Å². The van der Waals surface area contributed by atoms with Crippen molar-refractivity contribution in [2.24, 2.45) is 4.99 Å². The third kappa shape index (κ3) is 7.03. The molecule has 9 heteroatoms. The average molecular weight is 616 g/mol. The number of ether oxygens (including phenoxy) is 4. The molecule has 0 aliphatic heterocycles. The molecule has 0 saturated carbocycles. The summed E-state index contributed by atoms with van der Waals surface area (Å²) in [6.45, 7) is 5.79. The molecule has 0 aliphatic rings. The van der Waals surface area contributed by atoms with Crippen LogP contribution in [0.3, 0.4) is 0 Å². The highest BCUT2D eigenvalue weighted by atomic mass is 35.5. The summed E-state index contributed by atoms with van der Waals surface area (Å²) in [7, 11) is 6.59. The van der Waals surface area contributed by atoms with Gasteiger partial charge >= 0.3 is 0 Å². The number of halogens is 2. The number of benzene rings is 3. The molecule has 4 rings (SSSR count). The fraction of sp³-hybridized carbons (Fsp3) is 0.344. The molecule has 0 aliphatic carbocycles. The van der Waals surface area contributed by atoms with Gasteiger partial charge in [-0.2, -0.15) is 0 Å². The summed E-state index contributed by atoms with van der Waals surface area (Å²) in [5, 5.41) is 3.29. The van der Waals surface area contributed by atoms with Gasteiger partial charge in [-0.1, -0.05) is 55.2 Å². The van der Waals surface area contributed by atoms with Crippen molar-refractivity contribution in [1.82, 2.24) is 4.57 Å². The summed E-state index contributed by atoms with van der Waals surface area (Å²) < 4.78 is 24.1. The average Bonchev–Trinajstić information content (AvgIpc) is 3.40. The molecule has 41 heavy (non-hydrogen) atoms. The van der Waals surface area contributed by atoms with Gasteiger partial charge in [-0.05, 0) is 65.9 Å². The molecule has 0 unspecified atom stereocenters. The first-order valence-electron chi connectivity index (χ1n) is 13.3. The van der Waals surface area contributed by atoms with E-state index in [0.717, 1.165) is 58.1 Å². The molecule has 4 aromatic rings. The van der Waals surface area contributed by atoms with Crippen LogP contribution in [0.4, 0.5) is 0 Å². The zero-order valence-corrected chi connectivity index (χ0v) is 26.6. The van der Waals surface area contributed by atoms with E-state index in [4.69, 9.17) is 47.1 Å². The van der Waals surface area contributed by atoms with Gasteiger partial charge in [0.15, 0.2) is 27.8 Å². The fourth-order valence-electron chi connectivity index (χ4n) is 4.79. The molecule has 0 amide bonds. The van der Waals surface area contributed by atoms with E-state index < -0.39 is 0 Å². The monoisotopic (exact) mass is 614 g/mol. The Morgan fingerprint density at radius 2 is 1.32 bits per heavy atom. The Balaban J connectivity index is 1.67. The van der Waals surface area contributed by atoms with E-state index in [1.54, 1.807) is 39.8 Å². The van der Waals surface area contributed by atoms with Gasteiger partial charge in [-0.3, -0.25) is 4.99 Å². The van der Waals surface area contributed by atoms with Crippen LogP contribution in [0.1, 0.15) is 36.2 Å². The van der Waals surface area contributed by atoms with Crippen molar-refractivity contribution in [3.8, 4) is 23.0 Å². The van der Waals surface area contributed by atoms with Gasteiger partial charge < -0.3 is 23.5 Å². The van der Waals surface area contributed by atoms with Crippen molar-refractivity contribution in [2.45, 2.75) is 38.6 Å². The van der Waals surface area contributed by atoms with E-state index in [0.29, 0.717) is 28.1 Å².